The van der Waals surface area contributed by atoms with Gasteiger partial charge in [-0.25, -0.2) is 9.18 Å². The summed E-state index contributed by atoms with van der Waals surface area (Å²) in [5, 5.41) is 0.0141. The molecule has 0 unspecified atom stereocenters. The summed E-state index contributed by atoms with van der Waals surface area (Å²) >= 11 is 0. The van der Waals surface area contributed by atoms with Gasteiger partial charge in [-0.15, -0.1) is 0 Å². The maximum Gasteiger partial charge on any atom is 0.397 e. The first-order chi connectivity index (χ1) is 12.2. The molecule has 1 saturated heterocycles. The van der Waals surface area contributed by atoms with E-state index in [1.165, 1.54) is 6.07 Å². The molecular weight excluding hydrogens is 358 g/mol. The summed E-state index contributed by atoms with van der Waals surface area (Å²) in [5.41, 5.74) is -1.13. The van der Waals surface area contributed by atoms with E-state index in [1.807, 2.05) is 0 Å². The number of carbonyl (C=O) groups excluding carboxylic acids is 1. The molecule has 2 heterocycles. The molecule has 0 aliphatic carbocycles. The molecule has 6 nitrogen and oxygen atoms in total. The van der Waals surface area contributed by atoms with Crippen LogP contribution in [0, 0.1) is 5.82 Å². The highest BCUT2D eigenvalue weighted by Crippen LogP contribution is 2.25. The minimum absolute atomic E-state index is 0.00660. The van der Waals surface area contributed by atoms with Gasteiger partial charge in [0, 0.05) is 19.1 Å². The third-order valence-electron chi connectivity index (χ3n) is 4.43. The second kappa shape index (κ2) is 6.58. The van der Waals surface area contributed by atoms with Crippen molar-refractivity contribution in [1.29, 1.82) is 0 Å². The lowest BCUT2D eigenvalue weighted by Crippen LogP contribution is -2.45. The Morgan fingerprint density at radius 3 is 2.46 bits per heavy atom. The summed E-state index contributed by atoms with van der Waals surface area (Å²) in [6.07, 6.45) is -5.79. The molecule has 0 bridgehead atoms. The fourth-order valence-corrected chi connectivity index (χ4v) is 3.19. The van der Waals surface area contributed by atoms with E-state index >= 15 is 0 Å². The van der Waals surface area contributed by atoms with Crippen molar-refractivity contribution in [2.45, 2.75) is 31.5 Å². The van der Waals surface area contributed by atoms with Gasteiger partial charge in [0.1, 0.15) is 12.2 Å². The molecule has 1 N–H and O–H groups in total. The zero-order valence-electron chi connectivity index (χ0n) is 13.5. The van der Waals surface area contributed by atoms with Crippen LogP contribution in [0.25, 0.3) is 10.9 Å². The predicted octanol–water partition coefficient (Wildman–Crippen LogP) is 1.94. The summed E-state index contributed by atoms with van der Waals surface area (Å²) in [6.45, 7) is 0.0132. The quantitative estimate of drug-likeness (QED) is 0.818. The lowest BCUT2D eigenvalue weighted by Gasteiger charge is -2.32. The van der Waals surface area contributed by atoms with E-state index in [9.17, 15) is 31.9 Å². The summed E-state index contributed by atoms with van der Waals surface area (Å²) in [5.74, 6) is -1.65. The van der Waals surface area contributed by atoms with Crippen LogP contribution in [0.2, 0.25) is 0 Å². The van der Waals surface area contributed by atoms with Crippen LogP contribution in [-0.2, 0) is 4.79 Å². The molecule has 1 fully saturated rings. The number of alkyl halides is 3. The topological polar surface area (TPSA) is 75.2 Å². The van der Waals surface area contributed by atoms with Crippen molar-refractivity contribution < 1.29 is 22.4 Å². The number of halogens is 4. The number of hydrogen-bond donors (Lipinski definition) is 1. The number of hydrogen-bond acceptors (Lipinski definition) is 3. The van der Waals surface area contributed by atoms with E-state index in [0.717, 1.165) is 21.6 Å². The van der Waals surface area contributed by atoms with Gasteiger partial charge in [0.25, 0.3) is 5.56 Å². The van der Waals surface area contributed by atoms with Gasteiger partial charge in [-0.3, -0.25) is 14.2 Å². The number of rotatable bonds is 2. The Balaban J connectivity index is 1.83. The summed E-state index contributed by atoms with van der Waals surface area (Å²) < 4.78 is 51.3. The molecule has 2 aromatic rings. The van der Waals surface area contributed by atoms with E-state index < -0.39 is 41.6 Å². The first-order valence-electron chi connectivity index (χ1n) is 7.94. The van der Waals surface area contributed by atoms with Gasteiger partial charge in [0.05, 0.1) is 10.9 Å². The molecule has 3 rings (SSSR count). The first-order valence-corrected chi connectivity index (χ1v) is 7.94. The molecule has 1 amide bonds. The van der Waals surface area contributed by atoms with Crippen molar-refractivity contribution in [3.05, 3.63) is 44.9 Å². The zero-order chi connectivity index (χ0) is 19.1. The van der Waals surface area contributed by atoms with Crippen LogP contribution in [0.4, 0.5) is 17.6 Å². The number of H-pyrrole nitrogens is 1. The summed E-state index contributed by atoms with van der Waals surface area (Å²) in [6, 6.07) is 2.85. The van der Waals surface area contributed by atoms with Crippen LogP contribution in [-0.4, -0.2) is 39.6 Å². The lowest BCUT2D eigenvalue weighted by atomic mass is 10.0. The van der Waals surface area contributed by atoms with Crippen molar-refractivity contribution in [3.8, 4) is 0 Å². The summed E-state index contributed by atoms with van der Waals surface area (Å²) in [7, 11) is 0. The number of piperidine rings is 1. The fourth-order valence-electron chi connectivity index (χ4n) is 3.19. The van der Waals surface area contributed by atoms with E-state index in [1.54, 1.807) is 0 Å². The molecule has 1 aromatic carbocycles. The Kier molecular flexibility index (Phi) is 4.59. The Morgan fingerprint density at radius 1 is 1.19 bits per heavy atom. The lowest BCUT2D eigenvalue weighted by molar-refractivity contribution is -0.162. The van der Waals surface area contributed by atoms with Crippen molar-refractivity contribution in [1.82, 2.24) is 14.5 Å². The maximum absolute atomic E-state index is 13.4. The number of nitrogens with zero attached hydrogens (tertiary/aromatic N) is 2. The first kappa shape index (κ1) is 18.2. The van der Waals surface area contributed by atoms with Crippen LogP contribution < -0.4 is 11.2 Å². The SMILES string of the molecule is O=C(CC(F)(F)F)N1CCC(n2c(=O)[nH]c3ccc(F)cc3c2=O)CC1. The monoisotopic (exact) mass is 373 g/mol. The van der Waals surface area contributed by atoms with Gasteiger partial charge in [-0.2, -0.15) is 13.2 Å². The van der Waals surface area contributed by atoms with Crippen molar-refractivity contribution in [2.75, 3.05) is 13.1 Å². The number of benzene rings is 1. The van der Waals surface area contributed by atoms with Crippen molar-refractivity contribution >= 4 is 16.8 Å². The Hall–Kier alpha value is -2.65. The number of aromatic nitrogens is 2. The van der Waals surface area contributed by atoms with E-state index in [-0.39, 0.29) is 36.8 Å². The highest BCUT2D eigenvalue weighted by atomic mass is 19.4. The molecule has 1 aromatic heterocycles. The number of carbonyl (C=O) groups is 1. The van der Waals surface area contributed by atoms with E-state index in [4.69, 9.17) is 0 Å². The predicted molar refractivity (Wildman–Crippen MR) is 84.3 cm³/mol. The van der Waals surface area contributed by atoms with Gasteiger partial charge in [0.2, 0.25) is 5.91 Å². The van der Waals surface area contributed by atoms with Crippen molar-refractivity contribution in [3.63, 3.8) is 0 Å². The number of nitrogens with one attached hydrogen (secondary N) is 1. The number of fused-ring (bicyclic) bond motifs is 1. The van der Waals surface area contributed by atoms with Crippen LogP contribution in [0.5, 0.6) is 0 Å². The van der Waals surface area contributed by atoms with E-state index in [2.05, 4.69) is 4.98 Å². The number of aromatic amines is 1. The highest BCUT2D eigenvalue weighted by Gasteiger charge is 2.35. The minimum Gasteiger partial charge on any atom is -0.342 e. The molecule has 26 heavy (non-hydrogen) atoms. The molecule has 1 aliphatic heterocycles. The standard InChI is InChI=1S/C16H15F4N3O3/c17-9-1-2-12-11(7-9)14(25)23(15(26)21-12)10-3-5-22(6-4-10)13(24)8-16(18,19)20/h1-2,7,10H,3-6,8H2,(H,21,26). The highest BCUT2D eigenvalue weighted by molar-refractivity contribution is 5.77. The number of likely N-dealkylation sites (tertiary alicyclic amines) is 1. The maximum atomic E-state index is 13.4. The van der Waals surface area contributed by atoms with Gasteiger partial charge >= 0.3 is 11.9 Å². The minimum atomic E-state index is -4.58. The molecular formula is C16H15F4N3O3. The van der Waals surface area contributed by atoms with Crippen LogP contribution in [0.15, 0.2) is 27.8 Å². The molecule has 0 saturated carbocycles. The molecule has 0 radical (unpaired) electrons. The number of amides is 1. The van der Waals surface area contributed by atoms with Crippen molar-refractivity contribution in [2.24, 2.45) is 0 Å². The Morgan fingerprint density at radius 2 is 1.85 bits per heavy atom. The Labute approximate surface area is 144 Å². The second-order valence-electron chi connectivity index (χ2n) is 6.20. The third-order valence-corrected chi connectivity index (χ3v) is 4.43. The van der Waals surface area contributed by atoms with Crippen LogP contribution in [0.1, 0.15) is 25.3 Å². The fraction of sp³-hybridized carbons (Fsp3) is 0.438. The molecule has 1 aliphatic rings. The summed E-state index contributed by atoms with van der Waals surface area (Å²) in [4.78, 5) is 40.0. The molecule has 10 heteroatoms. The van der Waals surface area contributed by atoms with Gasteiger partial charge in [0.15, 0.2) is 0 Å². The Bertz CT molecular complexity index is 956. The zero-order valence-corrected chi connectivity index (χ0v) is 13.5. The van der Waals surface area contributed by atoms with E-state index in [0.29, 0.717) is 0 Å². The van der Waals surface area contributed by atoms with Gasteiger partial charge in [-0.1, -0.05) is 0 Å². The third kappa shape index (κ3) is 3.63. The molecule has 0 spiro atoms. The van der Waals surface area contributed by atoms with Crippen LogP contribution in [0.3, 0.4) is 0 Å². The smallest absolute Gasteiger partial charge is 0.342 e. The van der Waals surface area contributed by atoms with Gasteiger partial charge in [-0.05, 0) is 31.0 Å². The average molecular weight is 373 g/mol. The molecule has 140 valence electrons. The average Bonchev–Trinajstić information content (AvgIpc) is 2.55. The molecule has 0 atom stereocenters. The normalized spacial score (nSPS) is 16.2. The second-order valence-corrected chi connectivity index (χ2v) is 6.20. The van der Waals surface area contributed by atoms with Gasteiger partial charge < -0.3 is 9.88 Å². The largest absolute Gasteiger partial charge is 0.397 e. The van der Waals surface area contributed by atoms with Crippen LogP contribution >= 0.6 is 0 Å².